The minimum absolute atomic E-state index is 0.0630. The molecule has 96 valence electrons. The molecule has 0 radical (unpaired) electrons. The van der Waals surface area contributed by atoms with E-state index in [0.29, 0.717) is 5.75 Å². The van der Waals surface area contributed by atoms with Crippen LogP contribution in [0.3, 0.4) is 0 Å². The minimum atomic E-state index is -3.68. The van der Waals surface area contributed by atoms with Crippen LogP contribution in [-0.4, -0.2) is 29.3 Å². The summed E-state index contributed by atoms with van der Waals surface area (Å²) in [6, 6.07) is 5.57. The van der Waals surface area contributed by atoms with Crippen LogP contribution >= 0.6 is 23.2 Å². The van der Waals surface area contributed by atoms with E-state index in [4.69, 9.17) is 33.0 Å². The first-order chi connectivity index (χ1) is 7.95. The third-order valence-electron chi connectivity index (χ3n) is 1.67. The second-order valence-corrected chi connectivity index (χ2v) is 4.11. The molecule has 0 aliphatic carbocycles. The molecule has 0 spiro atoms. The lowest BCUT2D eigenvalue weighted by atomic mass is 10.3. The highest BCUT2D eigenvalue weighted by Gasteiger charge is 2.40. The maximum absolute atomic E-state index is 13.0. The Labute approximate surface area is 107 Å². The van der Waals surface area contributed by atoms with Gasteiger partial charge in [0.15, 0.2) is 0 Å². The SMILES string of the molecule is OCCOc1cccc(OC(F)(F)C(Cl)Cl)c1. The Kier molecular flexibility index (Phi) is 5.24. The monoisotopic (exact) mass is 286 g/mol. The van der Waals surface area contributed by atoms with E-state index >= 15 is 0 Å². The summed E-state index contributed by atoms with van der Waals surface area (Å²) in [6.45, 7) is -0.111. The van der Waals surface area contributed by atoms with Gasteiger partial charge in [-0.15, -0.1) is 0 Å². The van der Waals surface area contributed by atoms with E-state index < -0.39 is 10.9 Å². The second-order valence-electron chi connectivity index (χ2n) is 3.01. The van der Waals surface area contributed by atoms with Crippen LogP contribution in [0.4, 0.5) is 8.78 Å². The van der Waals surface area contributed by atoms with Gasteiger partial charge in [-0.25, -0.2) is 0 Å². The van der Waals surface area contributed by atoms with Gasteiger partial charge < -0.3 is 14.6 Å². The van der Waals surface area contributed by atoms with Crippen molar-refractivity contribution in [3.63, 3.8) is 0 Å². The van der Waals surface area contributed by atoms with E-state index in [2.05, 4.69) is 4.74 Å². The summed E-state index contributed by atoms with van der Waals surface area (Å²) < 4.78 is 35.5. The van der Waals surface area contributed by atoms with E-state index in [-0.39, 0.29) is 19.0 Å². The van der Waals surface area contributed by atoms with Crippen molar-refractivity contribution in [1.82, 2.24) is 0 Å². The normalized spacial score (nSPS) is 11.6. The van der Waals surface area contributed by atoms with Crippen LogP contribution in [0.15, 0.2) is 24.3 Å². The van der Waals surface area contributed by atoms with Crippen LogP contribution in [0.2, 0.25) is 0 Å². The standard InChI is InChI=1S/C10H10Cl2F2O3/c11-9(12)10(13,14)17-8-3-1-2-7(6-8)16-5-4-15/h1-3,6,9,15H,4-5H2. The molecule has 0 amide bonds. The Balaban J connectivity index is 2.71. The Morgan fingerprint density at radius 2 is 1.94 bits per heavy atom. The number of aliphatic hydroxyl groups excluding tert-OH is 1. The number of benzene rings is 1. The molecule has 0 aromatic heterocycles. The number of alkyl halides is 4. The van der Waals surface area contributed by atoms with Crippen LogP contribution in [0, 0.1) is 0 Å². The third-order valence-corrected chi connectivity index (χ3v) is 2.18. The molecular weight excluding hydrogens is 277 g/mol. The number of aliphatic hydroxyl groups is 1. The highest BCUT2D eigenvalue weighted by molar-refractivity contribution is 6.44. The van der Waals surface area contributed by atoms with E-state index in [0.717, 1.165) is 0 Å². The second kappa shape index (κ2) is 6.23. The largest absolute Gasteiger partial charge is 0.491 e. The highest BCUT2D eigenvalue weighted by atomic mass is 35.5. The molecule has 1 rings (SSSR count). The number of ether oxygens (including phenoxy) is 2. The van der Waals surface area contributed by atoms with Crippen LogP contribution in [-0.2, 0) is 0 Å². The van der Waals surface area contributed by atoms with Crippen LogP contribution in [0.5, 0.6) is 11.5 Å². The maximum Gasteiger partial charge on any atom is 0.428 e. The first-order valence-electron chi connectivity index (χ1n) is 4.64. The van der Waals surface area contributed by atoms with Gasteiger partial charge >= 0.3 is 6.11 Å². The topological polar surface area (TPSA) is 38.7 Å². The maximum atomic E-state index is 13.0. The van der Waals surface area contributed by atoms with E-state index in [1.807, 2.05) is 0 Å². The van der Waals surface area contributed by atoms with Crippen molar-refractivity contribution in [3.05, 3.63) is 24.3 Å². The van der Waals surface area contributed by atoms with Gasteiger partial charge in [0, 0.05) is 6.07 Å². The highest BCUT2D eigenvalue weighted by Crippen LogP contribution is 2.31. The van der Waals surface area contributed by atoms with Gasteiger partial charge in [0.1, 0.15) is 18.1 Å². The molecule has 0 atom stereocenters. The fourth-order valence-electron chi connectivity index (χ4n) is 0.993. The fraction of sp³-hybridized carbons (Fsp3) is 0.400. The van der Waals surface area contributed by atoms with Gasteiger partial charge in [0.2, 0.25) is 4.84 Å². The molecule has 0 aliphatic rings. The summed E-state index contributed by atoms with van der Waals surface area (Å²) in [5, 5.41) is 8.54. The molecule has 7 heteroatoms. The minimum Gasteiger partial charge on any atom is -0.491 e. The van der Waals surface area contributed by atoms with Crippen molar-refractivity contribution in [2.24, 2.45) is 0 Å². The molecule has 0 aliphatic heterocycles. The van der Waals surface area contributed by atoms with Crippen molar-refractivity contribution in [3.8, 4) is 11.5 Å². The first kappa shape index (κ1) is 14.3. The number of hydrogen-bond acceptors (Lipinski definition) is 3. The Bertz CT molecular complexity index is 361. The van der Waals surface area contributed by atoms with Crippen molar-refractivity contribution >= 4 is 23.2 Å². The van der Waals surface area contributed by atoms with Gasteiger partial charge in [-0.3, -0.25) is 0 Å². The fourth-order valence-corrected chi connectivity index (χ4v) is 1.08. The Morgan fingerprint density at radius 3 is 2.53 bits per heavy atom. The lowest BCUT2D eigenvalue weighted by molar-refractivity contribution is -0.163. The summed E-state index contributed by atoms with van der Waals surface area (Å²) >= 11 is 10.1. The molecule has 1 aromatic carbocycles. The zero-order valence-corrected chi connectivity index (χ0v) is 10.1. The molecule has 0 bridgehead atoms. The van der Waals surface area contributed by atoms with Gasteiger partial charge in [0.05, 0.1) is 6.61 Å². The molecule has 0 saturated heterocycles. The van der Waals surface area contributed by atoms with Gasteiger partial charge in [-0.1, -0.05) is 29.3 Å². The lowest BCUT2D eigenvalue weighted by Crippen LogP contribution is -2.32. The summed E-state index contributed by atoms with van der Waals surface area (Å²) in [4.78, 5) is -1.97. The van der Waals surface area contributed by atoms with Gasteiger partial charge in [0.25, 0.3) is 0 Å². The summed E-state index contributed by atoms with van der Waals surface area (Å²) in [5.41, 5.74) is 0. The van der Waals surface area contributed by atoms with Crippen molar-refractivity contribution < 1.29 is 23.4 Å². The predicted octanol–water partition coefficient (Wildman–Crippen LogP) is 2.83. The van der Waals surface area contributed by atoms with Crippen molar-refractivity contribution in [2.75, 3.05) is 13.2 Å². The average Bonchev–Trinajstić information content (AvgIpc) is 2.26. The van der Waals surface area contributed by atoms with Gasteiger partial charge in [-0.05, 0) is 12.1 Å². The zero-order chi connectivity index (χ0) is 12.9. The quantitative estimate of drug-likeness (QED) is 0.818. The van der Waals surface area contributed by atoms with Crippen LogP contribution in [0.1, 0.15) is 0 Å². The van der Waals surface area contributed by atoms with Crippen LogP contribution in [0.25, 0.3) is 0 Å². The molecule has 1 N–H and O–H groups in total. The number of rotatable bonds is 6. The predicted molar refractivity (Wildman–Crippen MR) is 60.1 cm³/mol. The Hall–Kier alpha value is -0.780. The molecule has 3 nitrogen and oxygen atoms in total. The summed E-state index contributed by atoms with van der Waals surface area (Å²) in [6.07, 6.45) is -3.68. The van der Waals surface area contributed by atoms with E-state index in [1.54, 1.807) is 6.07 Å². The molecule has 17 heavy (non-hydrogen) atoms. The molecule has 0 heterocycles. The number of halogens is 4. The first-order valence-corrected chi connectivity index (χ1v) is 5.51. The average molecular weight is 287 g/mol. The number of hydrogen-bond donors (Lipinski definition) is 1. The third kappa shape index (κ3) is 4.53. The van der Waals surface area contributed by atoms with Crippen molar-refractivity contribution in [2.45, 2.75) is 10.9 Å². The van der Waals surface area contributed by atoms with E-state index in [1.165, 1.54) is 18.2 Å². The molecule has 0 saturated carbocycles. The molecule has 0 fully saturated rings. The molecule has 0 unspecified atom stereocenters. The molecular formula is C10H10Cl2F2O3. The van der Waals surface area contributed by atoms with Crippen LogP contribution < -0.4 is 9.47 Å². The summed E-state index contributed by atoms with van der Waals surface area (Å²) in [5.74, 6) is 0.171. The smallest absolute Gasteiger partial charge is 0.428 e. The lowest BCUT2D eigenvalue weighted by Gasteiger charge is -2.18. The zero-order valence-electron chi connectivity index (χ0n) is 8.58. The van der Waals surface area contributed by atoms with Crippen molar-refractivity contribution in [1.29, 1.82) is 0 Å². The Morgan fingerprint density at radius 1 is 1.29 bits per heavy atom. The van der Waals surface area contributed by atoms with Gasteiger partial charge in [-0.2, -0.15) is 8.78 Å². The molecule has 1 aromatic rings. The van der Waals surface area contributed by atoms with E-state index in [9.17, 15) is 8.78 Å². The summed E-state index contributed by atoms with van der Waals surface area (Å²) in [7, 11) is 0.